The van der Waals surface area contributed by atoms with E-state index in [-0.39, 0.29) is 0 Å². The fourth-order valence-corrected chi connectivity index (χ4v) is 53.7. The molecule has 0 radical (unpaired) electrons. The van der Waals surface area contributed by atoms with Crippen molar-refractivity contribution < 1.29 is 7.56 Å². The van der Waals surface area contributed by atoms with Crippen LogP contribution < -0.4 is 0 Å². The molecule has 0 heterocycles. The zero-order valence-corrected chi connectivity index (χ0v) is 30.6. The SMILES string of the molecule is CC[O][Sn]([CH2]C1CCCCC1)([CH2]C1CCCCC1)[O][Sn]([CH2]C1CCCCC1)([CH2]C1CCCCC1)[O]CC. The average molecular weight is 732 g/mol. The molecule has 0 unspecified atom stereocenters. The van der Waals surface area contributed by atoms with Gasteiger partial charge in [-0.25, -0.2) is 0 Å². The number of hydrogen-bond donors (Lipinski definition) is 0. The molecule has 0 amide bonds. The van der Waals surface area contributed by atoms with Crippen LogP contribution in [-0.4, -0.2) is 51.6 Å². The van der Waals surface area contributed by atoms with Crippen molar-refractivity contribution in [2.24, 2.45) is 23.7 Å². The van der Waals surface area contributed by atoms with Gasteiger partial charge in [0.1, 0.15) is 0 Å². The van der Waals surface area contributed by atoms with Crippen molar-refractivity contribution in [1.82, 2.24) is 0 Å². The Labute approximate surface area is 241 Å². The fraction of sp³-hybridized carbons (Fsp3) is 1.00. The Morgan fingerprint density at radius 1 is 0.405 bits per heavy atom. The van der Waals surface area contributed by atoms with Crippen LogP contribution in [0, 0.1) is 23.7 Å². The van der Waals surface area contributed by atoms with E-state index in [9.17, 15) is 0 Å². The van der Waals surface area contributed by atoms with E-state index in [2.05, 4.69) is 13.8 Å². The molecule has 0 N–H and O–H groups in total. The summed E-state index contributed by atoms with van der Waals surface area (Å²) in [5.41, 5.74) is 0. The van der Waals surface area contributed by atoms with Crippen LogP contribution in [0.25, 0.3) is 0 Å². The van der Waals surface area contributed by atoms with Crippen molar-refractivity contribution in [2.75, 3.05) is 13.2 Å². The van der Waals surface area contributed by atoms with Crippen LogP contribution in [0.15, 0.2) is 0 Å². The van der Waals surface area contributed by atoms with Gasteiger partial charge in [-0.15, -0.1) is 0 Å². The van der Waals surface area contributed by atoms with Gasteiger partial charge in [-0.1, -0.05) is 0 Å². The van der Waals surface area contributed by atoms with Crippen molar-refractivity contribution in [3.8, 4) is 0 Å². The first-order valence-electron chi connectivity index (χ1n) is 17.1. The molecule has 0 bridgehead atoms. The van der Waals surface area contributed by atoms with Crippen LogP contribution in [-0.2, 0) is 7.56 Å². The molecular weight excluding hydrogens is 670 g/mol. The molecule has 0 aromatic heterocycles. The van der Waals surface area contributed by atoms with Crippen LogP contribution in [0.5, 0.6) is 0 Å². The van der Waals surface area contributed by atoms with Crippen LogP contribution in [0.3, 0.4) is 0 Å². The summed E-state index contributed by atoms with van der Waals surface area (Å²) in [7, 11) is 0. The second-order valence-corrected chi connectivity index (χ2v) is 34.8. The molecule has 4 rings (SSSR count). The maximum atomic E-state index is 8.09. The molecule has 3 nitrogen and oxygen atoms in total. The van der Waals surface area contributed by atoms with E-state index < -0.39 is 38.4 Å². The van der Waals surface area contributed by atoms with Crippen LogP contribution >= 0.6 is 0 Å². The first kappa shape index (κ1) is 31.4. The minimum atomic E-state index is -3.35. The van der Waals surface area contributed by atoms with E-state index >= 15 is 0 Å². The van der Waals surface area contributed by atoms with Gasteiger partial charge in [-0.2, -0.15) is 0 Å². The second kappa shape index (κ2) is 16.8. The molecule has 0 aromatic rings. The van der Waals surface area contributed by atoms with Gasteiger partial charge >= 0.3 is 243 Å². The molecule has 0 spiro atoms. The molecule has 37 heavy (non-hydrogen) atoms. The van der Waals surface area contributed by atoms with Crippen molar-refractivity contribution in [1.29, 1.82) is 0 Å². The number of rotatable bonds is 14. The summed E-state index contributed by atoms with van der Waals surface area (Å²) in [5, 5.41) is 0. The summed E-state index contributed by atoms with van der Waals surface area (Å²) in [5.74, 6) is 3.48. The normalized spacial score (nSPS) is 24.5. The Balaban J connectivity index is 1.63. The molecule has 0 atom stereocenters. The fourth-order valence-electron chi connectivity index (χ4n) is 8.82. The van der Waals surface area contributed by atoms with E-state index in [1.54, 1.807) is 0 Å². The third-order valence-electron chi connectivity index (χ3n) is 10.5. The number of hydrogen-bond acceptors (Lipinski definition) is 3. The van der Waals surface area contributed by atoms with Gasteiger partial charge in [-0.05, 0) is 0 Å². The van der Waals surface area contributed by atoms with Gasteiger partial charge in [0.15, 0.2) is 0 Å². The Morgan fingerprint density at radius 3 is 0.865 bits per heavy atom. The molecular formula is C32H62O3Sn2. The second-order valence-electron chi connectivity index (χ2n) is 13.6. The standard InChI is InChI=1S/4C7H13.2C2H5O.O.2Sn/c4*1-7-5-3-2-4-6-7;2*1-2-3;;;/h4*7H,1-6H2;2*2H2,1H3;;;/q;;;;2*-1;;2*+1. The topological polar surface area (TPSA) is 27.7 Å². The Hall–Kier alpha value is 1.48. The van der Waals surface area contributed by atoms with Crippen molar-refractivity contribution in [3.63, 3.8) is 0 Å². The van der Waals surface area contributed by atoms with Crippen LogP contribution in [0.4, 0.5) is 0 Å². The molecule has 4 aliphatic rings. The summed E-state index contributed by atoms with van der Waals surface area (Å²) in [4.78, 5) is 0. The monoisotopic (exact) mass is 734 g/mol. The molecule has 0 aliphatic heterocycles. The summed E-state index contributed by atoms with van der Waals surface area (Å²) in [6.45, 7) is 6.29. The van der Waals surface area contributed by atoms with Gasteiger partial charge in [0, 0.05) is 0 Å². The molecule has 216 valence electrons. The predicted octanol–water partition coefficient (Wildman–Crippen LogP) is 10.3. The molecule has 0 saturated heterocycles. The summed E-state index contributed by atoms with van der Waals surface area (Å²) < 4.78 is 27.8. The molecule has 4 saturated carbocycles. The summed E-state index contributed by atoms with van der Waals surface area (Å²) in [6, 6.07) is 0. The van der Waals surface area contributed by atoms with E-state index in [0.29, 0.717) is 0 Å². The molecule has 5 heteroatoms. The summed E-state index contributed by atoms with van der Waals surface area (Å²) >= 11 is -6.70. The van der Waals surface area contributed by atoms with Gasteiger partial charge in [0.25, 0.3) is 0 Å². The van der Waals surface area contributed by atoms with E-state index in [1.807, 2.05) is 0 Å². The average Bonchev–Trinajstić information content (AvgIpc) is 2.91. The first-order valence-corrected chi connectivity index (χ1v) is 29.9. The maximum absolute atomic E-state index is 8.09. The van der Waals surface area contributed by atoms with Gasteiger partial charge in [0.05, 0.1) is 0 Å². The van der Waals surface area contributed by atoms with Crippen LogP contribution in [0.1, 0.15) is 142 Å². The zero-order chi connectivity index (χ0) is 25.8. The van der Waals surface area contributed by atoms with E-state index in [1.165, 1.54) is 146 Å². The third kappa shape index (κ3) is 10.4. The summed E-state index contributed by atoms with van der Waals surface area (Å²) in [6.07, 6.45) is 28.7. The zero-order valence-electron chi connectivity index (χ0n) is 24.9. The Morgan fingerprint density at radius 2 is 0.649 bits per heavy atom. The molecule has 4 aliphatic carbocycles. The Kier molecular flexibility index (Phi) is 14.3. The third-order valence-corrected chi connectivity index (χ3v) is 45.2. The molecule has 0 aromatic carbocycles. The van der Waals surface area contributed by atoms with E-state index in [4.69, 9.17) is 7.56 Å². The van der Waals surface area contributed by atoms with Crippen LogP contribution in [0.2, 0.25) is 17.7 Å². The molecule has 4 fully saturated rings. The minimum absolute atomic E-state index is 0.870. The first-order chi connectivity index (χ1) is 18.1. The predicted molar refractivity (Wildman–Crippen MR) is 161 cm³/mol. The van der Waals surface area contributed by atoms with Crippen molar-refractivity contribution in [3.05, 3.63) is 0 Å². The quantitative estimate of drug-likeness (QED) is 0.167. The van der Waals surface area contributed by atoms with Crippen molar-refractivity contribution >= 4 is 38.4 Å². The Bertz CT molecular complexity index is 513. The van der Waals surface area contributed by atoms with Gasteiger partial charge in [-0.3, -0.25) is 0 Å². The van der Waals surface area contributed by atoms with Gasteiger partial charge < -0.3 is 0 Å². The van der Waals surface area contributed by atoms with Crippen molar-refractivity contribution in [2.45, 2.75) is 160 Å². The van der Waals surface area contributed by atoms with E-state index in [0.717, 1.165) is 36.9 Å². The van der Waals surface area contributed by atoms with Gasteiger partial charge in [0.2, 0.25) is 0 Å².